The van der Waals surface area contributed by atoms with Crippen LogP contribution in [-0.2, 0) is 0 Å². The van der Waals surface area contributed by atoms with Crippen molar-refractivity contribution in [1.29, 1.82) is 0 Å². The first-order valence-electron chi connectivity index (χ1n) is 5.81. The van der Waals surface area contributed by atoms with Gasteiger partial charge in [0.15, 0.2) is 11.5 Å². The average Bonchev–Trinajstić information content (AvgIpc) is 2.76. The summed E-state index contributed by atoms with van der Waals surface area (Å²) in [7, 11) is 0. The highest BCUT2D eigenvalue weighted by Gasteiger charge is 2.14. The van der Waals surface area contributed by atoms with Gasteiger partial charge in [0.25, 0.3) is 0 Å². The maximum atomic E-state index is 6.02. The molecule has 0 saturated heterocycles. The molecule has 0 unspecified atom stereocenters. The summed E-state index contributed by atoms with van der Waals surface area (Å²) in [4.78, 5) is 4.42. The molecule has 0 aliphatic carbocycles. The zero-order valence-corrected chi connectivity index (χ0v) is 11.3. The molecule has 0 spiro atoms. The molecule has 5 nitrogen and oxygen atoms in total. The molecule has 0 amide bonds. The van der Waals surface area contributed by atoms with Gasteiger partial charge in [-0.2, -0.15) is 0 Å². The largest absolute Gasteiger partial charge is 0.398 e. The second-order valence-corrected chi connectivity index (χ2v) is 4.83. The minimum atomic E-state index is 0.610. The number of halogens is 1. The van der Waals surface area contributed by atoms with Crippen molar-refractivity contribution in [3.8, 4) is 11.4 Å². The number of anilines is 1. The molecule has 0 aliphatic heterocycles. The van der Waals surface area contributed by atoms with Gasteiger partial charge in [-0.1, -0.05) is 11.6 Å². The van der Waals surface area contributed by atoms with Crippen molar-refractivity contribution < 1.29 is 0 Å². The zero-order valence-electron chi connectivity index (χ0n) is 10.6. The fourth-order valence-electron chi connectivity index (χ4n) is 2.13. The van der Waals surface area contributed by atoms with Gasteiger partial charge in [0.1, 0.15) is 5.82 Å². The van der Waals surface area contributed by atoms with Crippen LogP contribution in [0.5, 0.6) is 0 Å². The molecule has 6 heteroatoms. The summed E-state index contributed by atoms with van der Waals surface area (Å²) < 4.78 is 1.87. The maximum absolute atomic E-state index is 6.02. The van der Waals surface area contributed by atoms with Crippen LogP contribution in [0.1, 0.15) is 11.5 Å². The van der Waals surface area contributed by atoms with E-state index in [-0.39, 0.29) is 0 Å². The van der Waals surface area contributed by atoms with Gasteiger partial charge < -0.3 is 5.73 Å². The normalized spacial score (nSPS) is 11.1. The van der Waals surface area contributed by atoms with Gasteiger partial charge in [-0.25, -0.2) is 4.98 Å². The highest BCUT2D eigenvalue weighted by molar-refractivity contribution is 6.31. The van der Waals surface area contributed by atoms with Gasteiger partial charge in [-0.15, -0.1) is 10.2 Å². The fourth-order valence-corrected chi connectivity index (χ4v) is 2.30. The first-order chi connectivity index (χ1) is 9.06. The first kappa shape index (κ1) is 11.9. The Bertz CT molecular complexity index is 778. The van der Waals surface area contributed by atoms with E-state index in [0.29, 0.717) is 16.5 Å². The predicted molar refractivity (Wildman–Crippen MR) is 75.1 cm³/mol. The number of nitrogens with zero attached hydrogens (tertiary/aromatic N) is 4. The first-order valence-corrected chi connectivity index (χ1v) is 6.19. The van der Waals surface area contributed by atoms with Crippen molar-refractivity contribution in [2.45, 2.75) is 13.8 Å². The number of fused-ring (bicyclic) bond motifs is 1. The molecule has 2 aromatic heterocycles. The van der Waals surface area contributed by atoms with Crippen molar-refractivity contribution in [3.63, 3.8) is 0 Å². The molecule has 96 valence electrons. The molecular formula is C13H12ClN5. The summed E-state index contributed by atoms with van der Waals surface area (Å²) in [5.41, 5.74) is 9.01. The van der Waals surface area contributed by atoms with E-state index in [2.05, 4.69) is 15.2 Å². The molecule has 0 saturated carbocycles. The molecule has 2 N–H and O–H groups in total. The molecule has 1 aromatic carbocycles. The SMILES string of the molecule is Cc1cc2nnc(-c3cc(Cl)ccc3N)n2c(C)n1. The lowest BCUT2D eigenvalue weighted by molar-refractivity contribution is 0.962. The van der Waals surface area contributed by atoms with Crippen LogP contribution in [-0.4, -0.2) is 19.6 Å². The zero-order chi connectivity index (χ0) is 13.6. The van der Waals surface area contributed by atoms with Crippen molar-refractivity contribution in [2.24, 2.45) is 0 Å². The topological polar surface area (TPSA) is 69.1 Å². The molecule has 3 rings (SSSR count). The Morgan fingerprint density at radius 3 is 2.74 bits per heavy atom. The second kappa shape index (κ2) is 4.20. The van der Waals surface area contributed by atoms with Crippen LogP contribution in [0.15, 0.2) is 24.3 Å². The van der Waals surface area contributed by atoms with Gasteiger partial charge >= 0.3 is 0 Å². The molecule has 19 heavy (non-hydrogen) atoms. The van der Waals surface area contributed by atoms with E-state index in [4.69, 9.17) is 17.3 Å². The van der Waals surface area contributed by atoms with E-state index in [9.17, 15) is 0 Å². The lowest BCUT2D eigenvalue weighted by Crippen LogP contribution is -2.01. The van der Waals surface area contributed by atoms with Crippen LogP contribution < -0.4 is 5.73 Å². The Hall–Kier alpha value is -2.14. The van der Waals surface area contributed by atoms with Gasteiger partial charge in [0.2, 0.25) is 0 Å². The minimum Gasteiger partial charge on any atom is -0.398 e. The average molecular weight is 274 g/mol. The second-order valence-electron chi connectivity index (χ2n) is 4.39. The van der Waals surface area contributed by atoms with Gasteiger partial charge in [0, 0.05) is 28.0 Å². The van der Waals surface area contributed by atoms with E-state index in [1.165, 1.54) is 0 Å². The lowest BCUT2D eigenvalue weighted by atomic mass is 10.1. The van der Waals surface area contributed by atoms with Crippen LogP contribution >= 0.6 is 11.6 Å². The highest BCUT2D eigenvalue weighted by atomic mass is 35.5. The van der Waals surface area contributed by atoms with Crippen molar-refractivity contribution in [2.75, 3.05) is 5.73 Å². The van der Waals surface area contributed by atoms with Gasteiger partial charge in [-0.05, 0) is 32.0 Å². The van der Waals surface area contributed by atoms with Crippen molar-refractivity contribution in [3.05, 3.63) is 40.8 Å². The van der Waals surface area contributed by atoms with Crippen LogP contribution in [0, 0.1) is 13.8 Å². The van der Waals surface area contributed by atoms with Gasteiger partial charge in [-0.3, -0.25) is 4.40 Å². The van der Waals surface area contributed by atoms with Crippen molar-refractivity contribution >= 4 is 22.9 Å². The van der Waals surface area contributed by atoms with Crippen molar-refractivity contribution in [1.82, 2.24) is 19.6 Å². The minimum absolute atomic E-state index is 0.610. The Morgan fingerprint density at radius 1 is 1.16 bits per heavy atom. The van der Waals surface area contributed by atoms with E-state index in [0.717, 1.165) is 22.7 Å². The molecule has 3 aromatic rings. The standard InChI is InChI=1S/C13H12ClN5/c1-7-5-12-17-18-13(19(12)8(2)16-7)10-6-9(14)3-4-11(10)15/h3-6H,15H2,1-2H3. The molecule has 0 fully saturated rings. The third-order valence-electron chi connectivity index (χ3n) is 2.94. The third-order valence-corrected chi connectivity index (χ3v) is 3.18. The predicted octanol–water partition coefficient (Wildman–Crippen LogP) is 2.64. The molecule has 2 heterocycles. The Morgan fingerprint density at radius 2 is 1.95 bits per heavy atom. The quantitative estimate of drug-likeness (QED) is 0.692. The number of aromatic nitrogens is 4. The van der Waals surface area contributed by atoms with E-state index in [1.807, 2.05) is 24.3 Å². The molecule has 0 radical (unpaired) electrons. The summed E-state index contributed by atoms with van der Waals surface area (Å²) in [6.45, 7) is 3.84. The number of benzene rings is 1. The fraction of sp³-hybridized carbons (Fsp3) is 0.154. The monoisotopic (exact) mass is 273 g/mol. The van der Waals surface area contributed by atoms with E-state index < -0.39 is 0 Å². The number of aryl methyl sites for hydroxylation is 2. The number of hydrogen-bond acceptors (Lipinski definition) is 4. The van der Waals surface area contributed by atoms with Crippen LogP contribution in [0.2, 0.25) is 5.02 Å². The summed E-state index contributed by atoms with van der Waals surface area (Å²) in [6.07, 6.45) is 0. The van der Waals surface area contributed by atoms with Gasteiger partial charge in [0.05, 0.1) is 0 Å². The van der Waals surface area contributed by atoms with Crippen LogP contribution in [0.4, 0.5) is 5.69 Å². The van der Waals surface area contributed by atoms with Crippen LogP contribution in [0.25, 0.3) is 17.0 Å². The molecule has 0 aliphatic rings. The van der Waals surface area contributed by atoms with E-state index in [1.54, 1.807) is 18.2 Å². The molecule has 0 bridgehead atoms. The summed E-state index contributed by atoms with van der Waals surface area (Å²) >= 11 is 6.02. The Labute approximate surface area is 115 Å². The maximum Gasteiger partial charge on any atom is 0.171 e. The lowest BCUT2D eigenvalue weighted by Gasteiger charge is -2.07. The summed E-state index contributed by atoms with van der Waals surface area (Å²) in [5.74, 6) is 1.47. The van der Waals surface area contributed by atoms with Crippen LogP contribution in [0.3, 0.4) is 0 Å². The summed E-state index contributed by atoms with van der Waals surface area (Å²) in [5, 5.41) is 8.98. The number of hydrogen-bond donors (Lipinski definition) is 1. The third kappa shape index (κ3) is 1.92. The molecule has 0 atom stereocenters. The smallest absolute Gasteiger partial charge is 0.171 e. The Kier molecular flexibility index (Phi) is 2.64. The number of nitrogen functional groups attached to an aromatic ring is 1. The summed E-state index contributed by atoms with van der Waals surface area (Å²) in [6, 6.07) is 7.17. The highest BCUT2D eigenvalue weighted by Crippen LogP contribution is 2.28. The number of nitrogens with two attached hydrogens (primary N) is 1. The number of rotatable bonds is 1. The molecular weight excluding hydrogens is 262 g/mol. The Balaban J connectivity index is 2.34. The van der Waals surface area contributed by atoms with E-state index >= 15 is 0 Å².